The molecule has 4 aromatic rings. The number of aromatic nitrogens is 5. The van der Waals surface area contributed by atoms with Crippen molar-refractivity contribution in [2.75, 3.05) is 0 Å². The Morgan fingerprint density at radius 1 is 1.23 bits per heavy atom. The van der Waals surface area contributed by atoms with Gasteiger partial charge in [0.25, 0.3) is 0 Å². The summed E-state index contributed by atoms with van der Waals surface area (Å²) in [5.41, 5.74) is 2.94. The minimum absolute atomic E-state index is 0.184. The molecule has 0 aliphatic heterocycles. The number of nitriles is 1. The lowest BCUT2D eigenvalue weighted by Crippen LogP contribution is -2.18. The first-order valence-corrected chi connectivity index (χ1v) is 9.72. The number of nitrogens with zero attached hydrogens (tertiary/aromatic N) is 5. The lowest BCUT2D eigenvalue weighted by Gasteiger charge is -2.27. The number of fused-ring (bicyclic) bond motifs is 3. The van der Waals surface area contributed by atoms with E-state index in [0.29, 0.717) is 6.04 Å². The van der Waals surface area contributed by atoms with Gasteiger partial charge >= 0.3 is 0 Å². The highest BCUT2D eigenvalue weighted by Gasteiger charge is 2.27. The summed E-state index contributed by atoms with van der Waals surface area (Å²) < 4.78 is 2.38. The van der Waals surface area contributed by atoms with Gasteiger partial charge in [0, 0.05) is 29.7 Å². The summed E-state index contributed by atoms with van der Waals surface area (Å²) in [7, 11) is 0. The van der Waals surface area contributed by atoms with Crippen LogP contribution < -0.4 is 0 Å². The minimum atomic E-state index is 0.184. The van der Waals surface area contributed by atoms with Gasteiger partial charge in [-0.1, -0.05) is 0 Å². The zero-order valence-corrected chi connectivity index (χ0v) is 15.3. The lowest BCUT2D eigenvalue weighted by atomic mass is 9.86. The van der Waals surface area contributed by atoms with Crippen molar-refractivity contribution in [3.63, 3.8) is 0 Å². The molecule has 0 aromatic carbocycles. The Morgan fingerprint density at radius 3 is 2.81 bits per heavy atom. The van der Waals surface area contributed by atoms with Crippen LogP contribution >= 0.6 is 11.3 Å². The SMILES string of the molecule is Cc1ncc(-c2nc3cnc4[nH]ccc4c3n2[C@H]2CC[C@H](C#N)CC2)s1. The molecule has 1 saturated carbocycles. The largest absolute Gasteiger partial charge is 0.346 e. The van der Waals surface area contributed by atoms with E-state index in [0.717, 1.165) is 63.5 Å². The molecule has 0 unspecified atom stereocenters. The second kappa shape index (κ2) is 5.92. The number of imidazole rings is 1. The van der Waals surface area contributed by atoms with Crippen molar-refractivity contribution in [1.82, 2.24) is 24.5 Å². The molecule has 26 heavy (non-hydrogen) atoms. The average molecular weight is 362 g/mol. The lowest BCUT2D eigenvalue weighted by molar-refractivity contribution is 0.320. The number of nitrogens with one attached hydrogen (secondary N) is 1. The van der Waals surface area contributed by atoms with Gasteiger partial charge in [0.1, 0.15) is 11.2 Å². The number of aromatic amines is 1. The van der Waals surface area contributed by atoms with Crippen LogP contribution in [0.25, 0.3) is 32.8 Å². The Labute approximate surface area is 154 Å². The van der Waals surface area contributed by atoms with Crippen molar-refractivity contribution < 1.29 is 0 Å². The molecule has 1 N–H and O–H groups in total. The van der Waals surface area contributed by atoms with E-state index in [1.807, 2.05) is 25.5 Å². The standard InChI is InChI=1S/C19H18N6S/c1-11-22-10-16(26-11)19-24-15-9-23-18-14(6-7-21-18)17(15)25(19)13-4-2-12(8-20)3-5-13/h6-7,9-10,12-13H,2-5H2,1H3,(H,21,23)/t12-,13-. The molecule has 1 fully saturated rings. The molecule has 0 bridgehead atoms. The highest BCUT2D eigenvalue weighted by molar-refractivity contribution is 7.15. The number of hydrogen-bond acceptors (Lipinski definition) is 5. The first-order valence-electron chi connectivity index (χ1n) is 8.91. The van der Waals surface area contributed by atoms with Gasteiger partial charge in [0.05, 0.1) is 27.7 Å². The summed E-state index contributed by atoms with van der Waals surface area (Å²) in [6, 6.07) is 4.86. The minimum Gasteiger partial charge on any atom is -0.346 e. The highest BCUT2D eigenvalue weighted by Crippen LogP contribution is 2.40. The van der Waals surface area contributed by atoms with Gasteiger partial charge in [-0.05, 0) is 38.7 Å². The summed E-state index contributed by atoms with van der Waals surface area (Å²) in [5, 5.41) is 11.4. The van der Waals surface area contributed by atoms with Crippen LogP contribution in [0.1, 0.15) is 36.7 Å². The smallest absolute Gasteiger partial charge is 0.153 e. The topological polar surface area (TPSA) is 83.2 Å². The molecule has 130 valence electrons. The molecule has 1 aliphatic rings. The monoisotopic (exact) mass is 362 g/mol. The van der Waals surface area contributed by atoms with Crippen molar-refractivity contribution >= 4 is 33.4 Å². The fraction of sp³-hybridized carbons (Fsp3) is 0.368. The van der Waals surface area contributed by atoms with Crippen LogP contribution in [0.2, 0.25) is 0 Å². The van der Waals surface area contributed by atoms with E-state index >= 15 is 0 Å². The molecular weight excluding hydrogens is 344 g/mol. The molecule has 0 spiro atoms. The Bertz CT molecular complexity index is 1140. The fourth-order valence-corrected chi connectivity index (χ4v) is 4.81. The zero-order valence-electron chi connectivity index (χ0n) is 14.4. The van der Waals surface area contributed by atoms with E-state index in [-0.39, 0.29) is 5.92 Å². The van der Waals surface area contributed by atoms with Crippen molar-refractivity contribution in [3.05, 3.63) is 29.7 Å². The Kier molecular flexibility index (Phi) is 3.54. The van der Waals surface area contributed by atoms with Gasteiger partial charge in [-0.15, -0.1) is 11.3 Å². The number of aryl methyl sites for hydroxylation is 1. The van der Waals surface area contributed by atoms with Crippen molar-refractivity contribution in [1.29, 1.82) is 5.26 Å². The molecule has 7 heteroatoms. The molecule has 0 atom stereocenters. The fourth-order valence-electron chi connectivity index (χ4n) is 4.05. The molecule has 4 aromatic heterocycles. The van der Waals surface area contributed by atoms with E-state index in [2.05, 4.69) is 31.7 Å². The maximum absolute atomic E-state index is 9.24. The van der Waals surface area contributed by atoms with Gasteiger partial charge in [0.15, 0.2) is 5.82 Å². The van der Waals surface area contributed by atoms with Gasteiger partial charge < -0.3 is 9.55 Å². The third-order valence-electron chi connectivity index (χ3n) is 5.32. The third kappa shape index (κ3) is 2.33. The van der Waals surface area contributed by atoms with Gasteiger partial charge in [0.2, 0.25) is 0 Å². The Hall–Kier alpha value is -2.72. The van der Waals surface area contributed by atoms with E-state index < -0.39 is 0 Å². The van der Waals surface area contributed by atoms with Crippen molar-refractivity contribution in [2.24, 2.45) is 5.92 Å². The van der Waals surface area contributed by atoms with Gasteiger partial charge in [-0.25, -0.2) is 15.0 Å². The molecule has 0 saturated heterocycles. The third-order valence-corrected chi connectivity index (χ3v) is 6.23. The number of hydrogen-bond donors (Lipinski definition) is 1. The highest BCUT2D eigenvalue weighted by atomic mass is 32.1. The first kappa shape index (κ1) is 15.5. The Morgan fingerprint density at radius 2 is 2.08 bits per heavy atom. The maximum Gasteiger partial charge on any atom is 0.153 e. The van der Waals surface area contributed by atoms with Crippen LogP contribution in [0, 0.1) is 24.2 Å². The van der Waals surface area contributed by atoms with Gasteiger partial charge in [-0.3, -0.25) is 0 Å². The summed E-state index contributed by atoms with van der Waals surface area (Å²) in [4.78, 5) is 18.2. The molecule has 6 nitrogen and oxygen atoms in total. The van der Waals surface area contributed by atoms with Crippen LogP contribution in [-0.2, 0) is 0 Å². The van der Waals surface area contributed by atoms with Crippen molar-refractivity contribution in [3.8, 4) is 16.8 Å². The van der Waals surface area contributed by atoms with E-state index in [1.54, 1.807) is 11.3 Å². The quantitative estimate of drug-likeness (QED) is 0.565. The van der Waals surface area contributed by atoms with E-state index in [9.17, 15) is 5.26 Å². The van der Waals surface area contributed by atoms with Gasteiger partial charge in [-0.2, -0.15) is 5.26 Å². The van der Waals surface area contributed by atoms with Crippen molar-refractivity contribution in [2.45, 2.75) is 38.6 Å². The molecular formula is C19H18N6S. The first-order chi connectivity index (χ1) is 12.7. The maximum atomic E-state index is 9.24. The Balaban J connectivity index is 1.75. The molecule has 1 aliphatic carbocycles. The average Bonchev–Trinajstić information content (AvgIpc) is 3.38. The number of rotatable bonds is 2. The van der Waals surface area contributed by atoms with E-state index in [4.69, 9.17) is 4.98 Å². The van der Waals surface area contributed by atoms with E-state index in [1.165, 1.54) is 0 Å². The zero-order chi connectivity index (χ0) is 17.7. The number of pyridine rings is 1. The molecule has 0 amide bonds. The van der Waals surface area contributed by atoms with Crippen LogP contribution in [0.3, 0.4) is 0 Å². The summed E-state index contributed by atoms with van der Waals surface area (Å²) >= 11 is 1.67. The molecule has 5 rings (SSSR count). The number of H-pyrrole nitrogens is 1. The van der Waals surface area contributed by atoms with Crippen LogP contribution in [0.4, 0.5) is 0 Å². The van der Waals surface area contributed by atoms with Crippen LogP contribution in [0.15, 0.2) is 24.7 Å². The summed E-state index contributed by atoms with van der Waals surface area (Å²) in [6.07, 6.45) is 9.60. The molecule has 0 radical (unpaired) electrons. The summed E-state index contributed by atoms with van der Waals surface area (Å²) in [6.45, 7) is 2.02. The second-order valence-electron chi connectivity index (χ2n) is 6.92. The molecule has 4 heterocycles. The predicted octanol–water partition coefficient (Wildman–Crippen LogP) is 4.60. The second-order valence-corrected chi connectivity index (χ2v) is 8.15. The van der Waals surface area contributed by atoms with Crippen LogP contribution in [0.5, 0.6) is 0 Å². The number of thiazole rings is 1. The van der Waals surface area contributed by atoms with Crippen LogP contribution in [-0.4, -0.2) is 24.5 Å². The normalized spacial score (nSPS) is 20.6. The predicted molar refractivity (Wildman–Crippen MR) is 102 cm³/mol. The summed E-state index contributed by atoms with van der Waals surface area (Å²) in [5.74, 6) is 1.16.